The first-order valence-electron chi connectivity index (χ1n) is 6.98. The minimum atomic E-state index is -0.255. The lowest BCUT2D eigenvalue weighted by Crippen LogP contribution is -2.23. The van der Waals surface area contributed by atoms with Gasteiger partial charge in [0.05, 0.1) is 20.8 Å². The van der Waals surface area contributed by atoms with Gasteiger partial charge in [-0.2, -0.15) is 0 Å². The van der Waals surface area contributed by atoms with E-state index < -0.39 is 0 Å². The number of furan rings is 1. The van der Waals surface area contributed by atoms with Gasteiger partial charge in [-0.25, -0.2) is 0 Å². The number of nitrogens with two attached hydrogens (primary N) is 1. The molecule has 0 aliphatic carbocycles. The highest BCUT2D eigenvalue weighted by molar-refractivity contribution is 6.28. The molecule has 1 aliphatic heterocycles. The molecule has 0 saturated heterocycles. The second kappa shape index (κ2) is 6.44. The van der Waals surface area contributed by atoms with Crippen LogP contribution in [0.1, 0.15) is 17.4 Å². The van der Waals surface area contributed by atoms with E-state index in [0.717, 1.165) is 11.3 Å². The van der Waals surface area contributed by atoms with Crippen molar-refractivity contribution in [1.29, 1.82) is 0 Å². The fourth-order valence-electron chi connectivity index (χ4n) is 2.45. The van der Waals surface area contributed by atoms with E-state index in [0.29, 0.717) is 29.2 Å². The molecule has 0 bridgehead atoms. The quantitative estimate of drug-likeness (QED) is 0.904. The SMILES string of the molecule is COc1ccc(CN2OC(N)=CC2c2ccc(Cl)o2)c(OC)c1. The van der Waals surface area contributed by atoms with Gasteiger partial charge in [0, 0.05) is 17.7 Å². The molecule has 0 amide bonds. The highest BCUT2D eigenvalue weighted by Gasteiger charge is 2.30. The minimum Gasteiger partial charge on any atom is -0.497 e. The van der Waals surface area contributed by atoms with Crippen LogP contribution in [0.2, 0.25) is 5.22 Å². The van der Waals surface area contributed by atoms with Gasteiger partial charge >= 0.3 is 0 Å². The lowest BCUT2D eigenvalue weighted by atomic mass is 10.1. The summed E-state index contributed by atoms with van der Waals surface area (Å²) < 4.78 is 16.1. The van der Waals surface area contributed by atoms with Gasteiger partial charge in [-0.15, -0.1) is 5.06 Å². The Morgan fingerprint density at radius 2 is 2.04 bits per heavy atom. The highest BCUT2D eigenvalue weighted by atomic mass is 35.5. The number of methoxy groups -OCH3 is 2. The van der Waals surface area contributed by atoms with E-state index in [1.54, 1.807) is 37.5 Å². The summed E-state index contributed by atoms with van der Waals surface area (Å²) in [5.74, 6) is 2.40. The third kappa shape index (κ3) is 3.23. The van der Waals surface area contributed by atoms with Crippen LogP contribution in [-0.2, 0) is 11.4 Å². The predicted molar refractivity (Wildman–Crippen MR) is 84.9 cm³/mol. The maximum atomic E-state index is 5.85. The van der Waals surface area contributed by atoms with Gasteiger partial charge in [-0.3, -0.25) is 0 Å². The smallest absolute Gasteiger partial charge is 0.207 e. The first-order valence-corrected chi connectivity index (χ1v) is 7.36. The van der Waals surface area contributed by atoms with Crippen LogP contribution in [-0.4, -0.2) is 19.3 Å². The summed E-state index contributed by atoms with van der Waals surface area (Å²) in [4.78, 5) is 5.58. The highest BCUT2D eigenvalue weighted by Crippen LogP contribution is 2.35. The van der Waals surface area contributed by atoms with E-state index in [1.807, 2.05) is 18.2 Å². The predicted octanol–water partition coefficient (Wildman–Crippen LogP) is 3.24. The molecule has 122 valence electrons. The van der Waals surface area contributed by atoms with Crippen molar-refractivity contribution in [2.75, 3.05) is 14.2 Å². The second-order valence-corrected chi connectivity index (χ2v) is 5.37. The van der Waals surface area contributed by atoms with Crippen molar-refractivity contribution in [3.8, 4) is 11.5 Å². The third-order valence-corrected chi connectivity index (χ3v) is 3.76. The second-order valence-electron chi connectivity index (χ2n) is 5.00. The summed E-state index contributed by atoms with van der Waals surface area (Å²) in [6.07, 6.45) is 1.77. The van der Waals surface area contributed by atoms with Crippen molar-refractivity contribution in [2.45, 2.75) is 12.6 Å². The van der Waals surface area contributed by atoms with Gasteiger partial charge in [0.15, 0.2) is 5.22 Å². The average molecular weight is 337 g/mol. The van der Waals surface area contributed by atoms with Crippen molar-refractivity contribution in [3.63, 3.8) is 0 Å². The number of rotatable bonds is 5. The van der Waals surface area contributed by atoms with Gasteiger partial charge in [-0.05, 0) is 29.8 Å². The molecule has 2 N–H and O–H groups in total. The Bertz CT molecular complexity index is 729. The lowest BCUT2D eigenvalue weighted by molar-refractivity contribution is -0.131. The Hall–Kier alpha value is -2.31. The summed E-state index contributed by atoms with van der Waals surface area (Å²) in [6.45, 7) is 0.452. The molecule has 0 saturated carbocycles. The summed E-state index contributed by atoms with van der Waals surface area (Å²) in [5, 5.41) is 2.02. The minimum absolute atomic E-state index is 0.255. The van der Waals surface area contributed by atoms with E-state index in [4.69, 9.17) is 36.1 Å². The first kappa shape index (κ1) is 15.6. The zero-order valence-electron chi connectivity index (χ0n) is 12.8. The van der Waals surface area contributed by atoms with Crippen LogP contribution in [0, 0.1) is 0 Å². The molecule has 1 unspecified atom stereocenters. The van der Waals surface area contributed by atoms with Gasteiger partial charge < -0.3 is 24.5 Å². The zero-order chi connectivity index (χ0) is 16.4. The summed E-state index contributed by atoms with van der Waals surface area (Å²) in [7, 11) is 3.22. The number of halogens is 1. The van der Waals surface area contributed by atoms with Gasteiger partial charge in [0.25, 0.3) is 0 Å². The molecule has 2 heterocycles. The molecule has 6 nitrogen and oxygen atoms in total. The molecule has 0 spiro atoms. The van der Waals surface area contributed by atoms with Crippen LogP contribution in [0.4, 0.5) is 0 Å². The normalized spacial score (nSPS) is 17.7. The van der Waals surface area contributed by atoms with Gasteiger partial charge in [-0.1, -0.05) is 6.07 Å². The first-order chi connectivity index (χ1) is 11.1. The monoisotopic (exact) mass is 336 g/mol. The van der Waals surface area contributed by atoms with Crippen molar-refractivity contribution in [1.82, 2.24) is 5.06 Å². The van der Waals surface area contributed by atoms with E-state index in [-0.39, 0.29) is 6.04 Å². The Morgan fingerprint density at radius 3 is 2.70 bits per heavy atom. The van der Waals surface area contributed by atoms with Crippen LogP contribution < -0.4 is 15.2 Å². The maximum Gasteiger partial charge on any atom is 0.207 e. The number of hydroxylamine groups is 2. The number of nitrogens with zero attached hydrogens (tertiary/aromatic N) is 1. The standard InChI is InChI=1S/C16H17ClN2O4/c1-20-11-4-3-10(14(7-11)21-2)9-19-12(8-16(18)23-19)13-5-6-15(17)22-13/h3-8,12H,9,18H2,1-2H3. The van der Waals surface area contributed by atoms with Crippen molar-refractivity contribution in [3.05, 3.63) is 58.8 Å². The fraction of sp³-hybridized carbons (Fsp3) is 0.250. The van der Waals surface area contributed by atoms with Crippen molar-refractivity contribution >= 4 is 11.6 Å². The molecule has 0 radical (unpaired) electrons. The summed E-state index contributed by atoms with van der Waals surface area (Å²) >= 11 is 5.85. The Morgan fingerprint density at radius 1 is 1.22 bits per heavy atom. The van der Waals surface area contributed by atoms with Crippen molar-refractivity contribution < 1.29 is 18.7 Å². The van der Waals surface area contributed by atoms with E-state index in [1.165, 1.54) is 0 Å². The van der Waals surface area contributed by atoms with Crippen molar-refractivity contribution in [2.24, 2.45) is 5.73 Å². The Labute approximate surface area is 138 Å². The molecule has 2 aromatic rings. The average Bonchev–Trinajstić information content (AvgIpc) is 3.13. The number of ether oxygens (including phenoxy) is 2. The van der Waals surface area contributed by atoms with E-state index in [9.17, 15) is 0 Å². The van der Waals surface area contributed by atoms with Crippen LogP contribution in [0.3, 0.4) is 0 Å². The summed E-state index contributed by atoms with van der Waals surface area (Å²) in [6, 6.07) is 8.83. The number of hydrogen-bond donors (Lipinski definition) is 1. The molecular weight excluding hydrogens is 320 g/mol. The lowest BCUT2D eigenvalue weighted by Gasteiger charge is -2.22. The number of hydrogen-bond acceptors (Lipinski definition) is 6. The fourth-order valence-corrected chi connectivity index (χ4v) is 2.61. The molecule has 1 aromatic heterocycles. The maximum absolute atomic E-state index is 5.85. The number of benzene rings is 1. The summed E-state index contributed by atoms with van der Waals surface area (Å²) in [5.41, 5.74) is 6.73. The Kier molecular flexibility index (Phi) is 4.36. The molecule has 7 heteroatoms. The molecular formula is C16H17ClN2O4. The molecule has 3 rings (SSSR count). The van der Waals surface area contributed by atoms with Crippen LogP contribution in [0.15, 0.2) is 46.7 Å². The van der Waals surface area contributed by atoms with Crippen LogP contribution in [0.25, 0.3) is 0 Å². The topological polar surface area (TPSA) is 70.1 Å². The van der Waals surface area contributed by atoms with Gasteiger partial charge in [0.1, 0.15) is 23.3 Å². The molecule has 1 aliphatic rings. The molecule has 1 atom stereocenters. The zero-order valence-corrected chi connectivity index (χ0v) is 13.5. The van der Waals surface area contributed by atoms with Gasteiger partial charge in [0.2, 0.25) is 5.88 Å². The molecule has 23 heavy (non-hydrogen) atoms. The molecule has 1 aromatic carbocycles. The Balaban J connectivity index is 1.84. The molecule has 0 fully saturated rings. The van der Waals surface area contributed by atoms with E-state index >= 15 is 0 Å². The van der Waals surface area contributed by atoms with Crippen LogP contribution in [0.5, 0.6) is 11.5 Å². The van der Waals surface area contributed by atoms with E-state index in [2.05, 4.69) is 0 Å². The largest absolute Gasteiger partial charge is 0.497 e. The third-order valence-electron chi connectivity index (χ3n) is 3.56. The van der Waals surface area contributed by atoms with Crippen LogP contribution >= 0.6 is 11.6 Å².